The third-order valence-corrected chi connectivity index (χ3v) is 6.47. The number of carbonyl (C=O) groups excluding carboxylic acids is 1. The molecule has 0 atom stereocenters. The Hall–Kier alpha value is -1.71. The van der Waals surface area contributed by atoms with Crippen LogP contribution in [-0.4, -0.2) is 59.5 Å². The van der Waals surface area contributed by atoms with Crippen LogP contribution in [0.1, 0.15) is 5.56 Å². The van der Waals surface area contributed by atoms with Crippen molar-refractivity contribution in [3.05, 3.63) is 46.7 Å². The van der Waals surface area contributed by atoms with Crippen LogP contribution in [0.2, 0.25) is 0 Å². The Morgan fingerprint density at radius 3 is 2.56 bits per heavy atom. The van der Waals surface area contributed by atoms with Gasteiger partial charge in [0.2, 0.25) is 15.9 Å². The largest absolute Gasteiger partial charge is 0.338 e. The van der Waals surface area contributed by atoms with Crippen LogP contribution in [-0.2, 0) is 21.4 Å². The van der Waals surface area contributed by atoms with Crippen molar-refractivity contribution < 1.29 is 13.2 Å². The van der Waals surface area contributed by atoms with Gasteiger partial charge < -0.3 is 4.90 Å². The second-order valence-electron chi connectivity index (χ2n) is 5.96. The fraction of sp³-hybridized carbons (Fsp3) is 0.375. The molecule has 2 aromatic rings. The van der Waals surface area contributed by atoms with E-state index in [1.807, 2.05) is 13.1 Å². The molecule has 1 aromatic heterocycles. The van der Waals surface area contributed by atoms with Crippen molar-refractivity contribution in [3.8, 4) is 0 Å². The highest BCUT2D eigenvalue weighted by molar-refractivity contribution is 9.10. The molecule has 134 valence electrons. The molecule has 9 heteroatoms. The molecule has 1 amide bonds. The lowest BCUT2D eigenvalue weighted by Crippen LogP contribution is -2.51. The summed E-state index contributed by atoms with van der Waals surface area (Å²) in [5, 5.41) is 4.11. The second-order valence-corrected chi connectivity index (χ2v) is 8.81. The van der Waals surface area contributed by atoms with Gasteiger partial charge in [-0.05, 0) is 30.7 Å². The van der Waals surface area contributed by atoms with Crippen molar-refractivity contribution in [2.75, 3.05) is 26.2 Å². The number of piperazine rings is 1. The lowest BCUT2D eigenvalue weighted by Gasteiger charge is -2.34. The molecule has 0 spiro atoms. The highest BCUT2D eigenvalue weighted by atomic mass is 79.9. The maximum atomic E-state index is 12.7. The van der Waals surface area contributed by atoms with E-state index in [9.17, 15) is 13.2 Å². The number of benzene rings is 1. The second kappa shape index (κ2) is 7.27. The molecular formula is C16H19BrN4O3S. The molecular weight excluding hydrogens is 408 g/mol. The summed E-state index contributed by atoms with van der Waals surface area (Å²) in [4.78, 5) is 14.3. The van der Waals surface area contributed by atoms with E-state index in [0.717, 1.165) is 10.0 Å². The lowest BCUT2D eigenvalue weighted by atomic mass is 10.3. The number of aromatic nitrogens is 2. The number of carbonyl (C=O) groups is 1. The first-order valence-electron chi connectivity index (χ1n) is 7.89. The first kappa shape index (κ1) is 18.1. The molecule has 3 rings (SSSR count). The minimum atomic E-state index is -3.54. The van der Waals surface area contributed by atoms with Gasteiger partial charge in [0.1, 0.15) is 6.54 Å². The first-order chi connectivity index (χ1) is 11.9. The van der Waals surface area contributed by atoms with Crippen LogP contribution in [0.3, 0.4) is 0 Å². The van der Waals surface area contributed by atoms with E-state index >= 15 is 0 Å². The summed E-state index contributed by atoms with van der Waals surface area (Å²) in [5.41, 5.74) is 0.998. The predicted molar refractivity (Wildman–Crippen MR) is 96.4 cm³/mol. The molecule has 1 aromatic carbocycles. The molecule has 7 nitrogen and oxygen atoms in total. The monoisotopic (exact) mass is 426 g/mol. The number of hydrogen-bond acceptors (Lipinski definition) is 4. The zero-order valence-corrected chi connectivity index (χ0v) is 16.2. The quantitative estimate of drug-likeness (QED) is 0.741. The van der Waals surface area contributed by atoms with E-state index in [1.165, 1.54) is 4.31 Å². The highest BCUT2D eigenvalue weighted by Gasteiger charge is 2.30. The van der Waals surface area contributed by atoms with Gasteiger partial charge in [-0.15, -0.1) is 0 Å². The Bertz CT molecular complexity index is 873. The molecule has 0 saturated carbocycles. The number of rotatable bonds is 4. The maximum absolute atomic E-state index is 12.7. The maximum Gasteiger partial charge on any atom is 0.244 e. The Morgan fingerprint density at radius 2 is 1.96 bits per heavy atom. The van der Waals surface area contributed by atoms with Crippen LogP contribution in [0.4, 0.5) is 0 Å². The Kier molecular flexibility index (Phi) is 5.26. The normalized spacial score (nSPS) is 16.2. The fourth-order valence-corrected chi connectivity index (χ4v) is 4.77. The average Bonchev–Trinajstić information content (AvgIpc) is 3.00. The number of nitrogens with zero attached hydrogens (tertiary/aromatic N) is 4. The summed E-state index contributed by atoms with van der Waals surface area (Å²) in [5.74, 6) is -0.0531. The van der Waals surface area contributed by atoms with Gasteiger partial charge in [-0.3, -0.25) is 9.48 Å². The number of halogens is 1. The van der Waals surface area contributed by atoms with Gasteiger partial charge in [-0.1, -0.05) is 22.0 Å². The van der Waals surface area contributed by atoms with Crippen molar-refractivity contribution in [1.82, 2.24) is 19.0 Å². The van der Waals surface area contributed by atoms with Gasteiger partial charge in [0, 0.05) is 36.8 Å². The molecule has 0 aliphatic carbocycles. The lowest BCUT2D eigenvalue weighted by molar-refractivity contribution is -0.133. The van der Waals surface area contributed by atoms with Crippen molar-refractivity contribution in [2.45, 2.75) is 18.4 Å². The van der Waals surface area contributed by atoms with Gasteiger partial charge in [0.25, 0.3) is 0 Å². The Labute approximate surface area is 155 Å². The zero-order chi connectivity index (χ0) is 18.0. The number of aryl methyl sites for hydroxylation is 1. The standard InChI is InChI=1S/C16H19BrN4O3S/c1-13-10-18-20(11-13)12-16(22)19-5-7-21(8-6-19)25(23,24)15-4-2-3-14(17)9-15/h2-4,9-11H,5-8,12H2,1H3. The van der Waals surface area contributed by atoms with E-state index in [0.29, 0.717) is 26.2 Å². The van der Waals surface area contributed by atoms with Crippen LogP contribution in [0, 0.1) is 6.92 Å². The van der Waals surface area contributed by atoms with Crippen LogP contribution >= 0.6 is 15.9 Å². The van der Waals surface area contributed by atoms with Gasteiger partial charge in [-0.25, -0.2) is 8.42 Å². The van der Waals surface area contributed by atoms with Crippen LogP contribution in [0.5, 0.6) is 0 Å². The van der Waals surface area contributed by atoms with Gasteiger partial charge in [0.05, 0.1) is 11.1 Å². The summed E-state index contributed by atoms with van der Waals surface area (Å²) in [6.45, 7) is 3.43. The zero-order valence-electron chi connectivity index (χ0n) is 13.8. The summed E-state index contributed by atoms with van der Waals surface area (Å²) in [7, 11) is -3.54. The number of sulfonamides is 1. The molecule has 1 saturated heterocycles. The Morgan fingerprint density at radius 1 is 1.24 bits per heavy atom. The predicted octanol–water partition coefficient (Wildman–Crippen LogP) is 1.49. The third kappa shape index (κ3) is 4.10. The van der Waals surface area contributed by atoms with Crippen molar-refractivity contribution in [1.29, 1.82) is 0 Å². The van der Waals surface area contributed by atoms with Crippen LogP contribution in [0.25, 0.3) is 0 Å². The fourth-order valence-electron chi connectivity index (χ4n) is 2.75. The minimum absolute atomic E-state index is 0.0531. The van der Waals surface area contributed by atoms with E-state index in [1.54, 1.807) is 40.0 Å². The molecule has 2 heterocycles. The molecule has 0 bridgehead atoms. The first-order valence-corrected chi connectivity index (χ1v) is 10.1. The van der Waals surface area contributed by atoms with E-state index < -0.39 is 10.0 Å². The van der Waals surface area contributed by atoms with E-state index in [4.69, 9.17) is 0 Å². The topological polar surface area (TPSA) is 75.5 Å². The molecule has 1 aliphatic rings. The number of amides is 1. The van der Waals surface area contributed by atoms with Crippen molar-refractivity contribution in [3.63, 3.8) is 0 Å². The average molecular weight is 427 g/mol. The highest BCUT2D eigenvalue weighted by Crippen LogP contribution is 2.21. The molecule has 25 heavy (non-hydrogen) atoms. The molecule has 1 aliphatic heterocycles. The van der Waals surface area contributed by atoms with E-state index in [-0.39, 0.29) is 17.3 Å². The summed E-state index contributed by atoms with van der Waals surface area (Å²) in [6, 6.07) is 6.65. The summed E-state index contributed by atoms with van der Waals surface area (Å²) >= 11 is 3.30. The van der Waals surface area contributed by atoms with Crippen LogP contribution < -0.4 is 0 Å². The molecule has 0 N–H and O–H groups in total. The molecule has 0 unspecified atom stereocenters. The molecule has 0 radical (unpaired) electrons. The number of hydrogen-bond donors (Lipinski definition) is 0. The minimum Gasteiger partial charge on any atom is -0.338 e. The summed E-state index contributed by atoms with van der Waals surface area (Å²) in [6.07, 6.45) is 3.52. The van der Waals surface area contributed by atoms with Crippen molar-refractivity contribution in [2.24, 2.45) is 0 Å². The van der Waals surface area contributed by atoms with Crippen molar-refractivity contribution >= 4 is 31.9 Å². The summed E-state index contributed by atoms with van der Waals surface area (Å²) < 4.78 is 29.1. The smallest absolute Gasteiger partial charge is 0.244 e. The SMILES string of the molecule is Cc1cnn(CC(=O)N2CCN(S(=O)(=O)c3cccc(Br)c3)CC2)c1. The van der Waals surface area contributed by atoms with Gasteiger partial charge in [-0.2, -0.15) is 9.40 Å². The van der Waals surface area contributed by atoms with Crippen LogP contribution in [0.15, 0.2) is 46.0 Å². The van der Waals surface area contributed by atoms with Gasteiger partial charge >= 0.3 is 0 Å². The van der Waals surface area contributed by atoms with Gasteiger partial charge in [0.15, 0.2) is 0 Å². The Balaban J connectivity index is 1.62. The molecule has 1 fully saturated rings. The third-order valence-electron chi connectivity index (χ3n) is 4.08. The van der Waals surface area contributed by atoms with E-state index in [2.05, 4.69) is 21.0 Å².